The van der Waals surface area contributed by atoms with Crippen molar-refractivity contribution in [2.75, 3.05) is 11.9 Å². The minimum Gasteiger partial charge on any atom is -0.483 e. The summed E-state index contributed by atoms with van der Waals surface area (Å²) in [6.07, 6.45) is 0. The van der Waals surface area contributed by atoms with E-state index in [2.05, 4.69) is 5.32 Å². The van der Waals surface area contributed by atoms with Crippen molar-refractivity contribution < 1.29 is 23.5 Å². The fourth-order valence-electron chi connectivity index (χ4n) is 2.72. The van der Waals surface area contributed by atoms with Gasteiger partial charge in [-0.15, -0.1) is 11.3 Å². The number of anilines is 1. The summed E-state index contributed by atoms with van der Waals surface area (Å²) in [6, 6.07) is 6.13. The summed E-state index contributed by atoms with van der Waals surface area (Å²) in [4.78, 5) is 25.8. The summed E-state index contributed by atoms with van der Waals surface area (Å²) in [5, 5.41) is 4.05. The van der Waals surface area contributed by atoms with E-state index in [1.54, 1.807) is 13.0 Å². The summed E-state index contributed by atoms with van der Waals surface area (Å²) in [6.45, 7) is 5.64. The number of ether oxygens (including phenoxy) is 2. The molecule has 0 radical (unpaired) electrons. The van der Waals surface area contributed by atoms with Crippen molar-refractivity contribution >= 4 is 63.0 Å². The molecular formula is C21H18Cl3NO5S. The monoisotopic (exact) mass is 501 g/mol. The molecule has 0 aliphatic carbocycles. The first-order valence-corrected chi connectivity index (χ1v) is 11.1. The first-order chi connectivity index (χ1) is 14.7. The second-order valence-electron chi connectivity index (χ2n) is 6.42. The summed E-state index contributed by atoms with van der Waals surface area (Å²) < 4.78 is 16.3. The van der Waals surface area contributed by atoms with E-state index in [1.165, 1.54) is 29.5 Å². The summed E-state index contributed by atoms with van der Waals surface area (Å²) >= 11 is 19.4. The van der Waals surface area contributed by atoms with Crippen LogP contribution in [0.15, 0.2) is 28.7 Å². The maximum absolute atomic E-state index is 12.7. The zero-order chi connectivity index (χ0) is 22.7. The molecule has 10 heteroatoms. The number of aryl methyl sites for hydroxylation is 1. The van der Waals surface area contributed by atoms with Gasteiger partial charge in [0.1, 0.15) is 17.4 Å². The number of rotatable bonds is 7. The fraction of sp³-hybridized carbons (Fsp3) is 0.238. The molecule has 2 aromatic heterocycles. The Kier molecular flexibility index (Phi) is 7.54. The molecule has 0 atom stereocenters. The summed E-state index contributed by atoms with van der Waals surface area (Å²) in [7, 11) is 0. The number of benzene rings is 1. The Morgan fingerprint density at radius 3 is 2.45 bits per heavy atom. The Morgan fingerprint density at radius 1 is 1.13 bits per heavy atom. The van der Waals surface area contributed by atoms with Gasteiger partial charge in [-0.3, -0.25) is 4.79 Å². The Hall–Kier alpha value is -2.19. The van der Waals surface area contributed by atoms with Crippen LogP contribution in [-0.2, 0) is 11.3 Å². The van der Waals surface area contributed by atoms with Gasteiger partial charge >= 0.3 is 5.97 Å². The normalized spacial score (nSPS) is 10.8. The van der Waals surface area contributed by atoms with Gasteiger partial charge in [0, 0.05) is 9.90 Å². The highest BCUT2D eigenvalue weighted by Crippen LogP contribution is 2.36. The van der Waals surface area contributed by atoms with E-state index in [-0.39, 0.29) is 34.8 Å². The number of furan rings is 1. The first kappa shape index (κ1) is 23.5. The molecule has 0 saturated heterocycles. The molecule has 0 saturated carbocycles. The molecule has 164 valence electrons. The highest BCUT2D eigenvalue weighted by atomic mass is 35.5. The Balaban J connectivity index is 1.72. The summed E-state index contributed by atoms with van der Waals surface area (Å²) in [5.74, 6) is -0.272. The molecule has 6 nitrogen and oxygen atoms in total. The predicted octanol–water partition coefficient (Wildman–Crippen LogP) is 6.93. The number of esters is 1. The Morgan fingerprint density at radius 2 is 1.81 bits per heavy atom. The third kappa shape index (κ3) is 5.36. The largest absolute Gasteiger partial charge is 0.483 e. The van der Waals surface area contributed by atoms with Gasteiger partial charge in [-0.05, 0) is 50.6 Å². The number of amides is 1. The number of carbonyl (C=O) groups excluding carboxylic acids is 2. The molecule has 0 aliphatic rings. The number of hydrogen-bond acceptors (Lipinski definition) is 6. The van der Waals surface area contributed by atoms with Crippen molar-refractivity contribution in [2.45, 2.75) is 27.4 Å². The van der Waals surface area contributed by atoms with Crippen molar-refractivity contribution in [3.63, 3.8) is 0 Å². The van der Waals surface area contributed by atoms with Crippen LogP contribution >= 0.6 is 46.1 Å². The molecule has 0 aliphatic heterocycles. The van der Waals surface area contributed by atoms with Crippen LogP contribution in [0.2, 0.25) is 15.1 Å². The lowest BCUT2D eigenvalue weighted by atomic mass is 10.1. The molecule has 3 rings (SSSR count). The van der Waals surface area contributed by atoms with Crippen molar-refractivity contribution in [1.82, 2.24) is 0 Å². The van der Waals surface area contributed by atoms with Crippen LogP contribution < -0.4 is 10.1 Å². The zero-order valence-corrected chi connectivity index (χ0v) is 19.9. The van der Waals surface area contributed by atoms with Crippen LogP contribution in [0.25, 0.3) is 0 Å². The molecule has 0 spiro atoms. The van der Waals surface area contributed by atoms with Gasteiger partial charge in [0.05, 0.1) is 22.2 Å². The average Bonchev–Trinajstić information content (AvgIpc) is 3.26. The van der Waals surface area contributed by atoms with E-state index in [9.17, 15) is 9.59 Å². The zero-order valence-electron chi connectivity index (χ0n) is 16.8. The lowest BCUT2D eigenvalue weighted by Gasteiger charge is -2.09. The van der Waals surface area contributed by atoms with Gasteiger partial charge < -0.3 is 19.2 Å². The number of thiophene rings is 1. The van der Waals surface area contributed by atoms with Gasteiger partial charge in [0.25, 0.3) is 5.91 Å². The van der Waals surface area contributed by atoms with E-state index in [1.807, 2.05) is 13.8 Å². The second kappa shape index (κ2) is 9.96. The Labute approximate surface area is 198 Å². The molecule has 1 aromatic carbocycles. The number of hydrogen-bond donors (Lipinski definition) is 1. The smallest absolute Gasteiger partial charge is 0.341 e. The number of carbonyl (C=O) groups is 2. The fourth-order valence-corrected chi connectivity index (χ4v) is 4.69. The Bertz CT molecular complexity index is 1120. The van der Waals surface area contributed by atoms with Gasteiger partial charge in [-0.25, -0.2) is 4.79 Å². The molecule has 2 heterocycles. The molecule has 1 N–H and O–H groups in total. The van der Waals surface area contributed by atoms with Gasteiger partial charge in [0.2, 0.25) is 0 Å². The van der Waals surface area contributed by atoms with Crippen molar-refractivity contribution in [1.29, 1.82) is 0 Å². The molecular weight excluding hydrogens is 485 g/mol. The highest BCUT2D eigenvalue weighted by Gasteiger charge is 2.23. The van der Waals surface area contributed by atoms with Crippen LogP contribution in [0.4, 0.5) is 5.00 Å². The molecule has 0 bridgehead atoms. The molecule has 0 fully saturated rings. The molecule has 3 aromatic rings. The van der Waals surface area contributed by atoms with E-state index >= 15 is 0 Å². The van der Waals surface area contributed by atoms with Crippen molar-refractivity contribution in [2.24, 2.45) is 0 Å². The van der Waals surface area contributed by atoms with Gasteiger partial charge in [-0.1, -0.05) is 34.8 Å². The molecule has 31 heavy (non-hydrogen) atoms. The number of nitrogens with one attached hydrogen (secondary N) is 1. The quantitative estimate of drug-likeness (QED) is 0.355. The van der Waals surface area contributed by atoms with E-state index in [0.29, 0.717) is 21.3 Å². The maximum Gasteiger partial charge on any atom is 0.341 e. The first-order valence-electron chi connectivity index (χ1n) is 9.15. The van der Waals surface area contributed by atoms with Crippen molar-refractivity contribution in [3.8, 4) is 5.75 Å². The van der Waals surface area contributed by atoms with E-state index in [4.69, 9.17) is 48.7 Å². The van der Waals surface area contributed by atoms with Gasteiger partial charge in [-0.2, -0.15) is 0 Å². The average molecular weight is 503 g/mol. The van der Waals surface area contributed by atoms with Crippen LogP contribution in [-0.4, -0.2) is 18.5 Å². The third-order valence-corrected chi connectivity index (χ3v) is 6.20. The summed E-state index contributed by atoms with van der Waals surface area (Å²) in [5.41, 5.74) is 1.11. The van der Waals surface area contributed by atoms with E-state index in [0.717, 1.165) is 10.4 Å². The van der Waals surface area contributed by atoms with Crippen LogP contribution in [0, 0.1) is 13.8 Å². The van der Waals surface area contributed by atoms with Gasteiger partial charge in [0.15, 0.2) is 11.5 Å². The lowest BCUT2D eigenvalue weighted by Crippen LogP contribution is -2.14. The van der Waals surface area contributed by atoms with Crippen LogP contribution in [0.1, 0.15) is 44.0 Å². The molecule has 0 unspecified atom stereocenters. The molecule has 1 amide bonds. The number of halogens is 3. The topological polar surface area (TPSA) is 77.8 Å². The second-order valence-corrected chi connectivity index (χ2v) is 8.89. The minimum atomic E-state index is -0.499. The lowest BCUT2D eigenvalue weighted by molar-refractivity contribution is 0.0527. The standard InChI is InChI=1S/C21H18Cl3NO5S/c1-4-28-21(27)17-10(2)11(3)31-20(17)25-19(26)16-6-5-13(30-16)9-29-18-14(23)7-12(22)8-15(18)24/h5-8H,4,9H2,1-3H3,(H,25,26). The third-order valence-electron chi connectivity index (χ3n) is 4.30. The minimum absolute atomic E-state index is 0.000351. The van der Waals surface area contributed by atoms with Crippen LogP contribution in [0.3, 0.4) is 0 Å². The van der Waals surface area contributed by atoms with Crippen molar-refractivity contribution in [3.05, 3.63) is 66.9 Å². The maximum atomic E-state index is 12.7. The van der Waals surface area contributed by atoms with E-state index < -0.39 is 11.9 Å². The van der Waals surface area contributed by atoms with Crippen LogP contribution in [0.5, 0.6) is 5.75 Å². The predicted molar refractivity (Wildman–Crippen MR) is 122 cm³/mol. The highest BCUT2D eigenvalue weighted by molar-refractivity contribution is 7.16. The SMILES string of the molecule is CCOC(=O)c1c(NC(=O)c2ccc(COc3c(Cl)cc(Cl)cc3Cl)o2)sc(C)c1C.